The van der Waals surface area contributed by atoms with Gasteiger partial charge in [0.2, 0.25) is 0 Å². The smallest absolute Gasteiger partial charge is 0.0702 e. The second kappa shape index (κ2) is 4.29. The molecule has 1 heterocycles. The number of benzene rings is 1. The summed E-state index contributed by atoms with van der Waals surface area (Å²) in [5, 5.41) is 1.20. The van der Waals surface area contributed by atoms with Crippen LogP contribution < -0.4 is 11.3 Å². The van der Waals surface area contributed by atoms with Gasteiger partial charge in [-0.25, -0.2) is 0 Å². The van der Waals surface area contributed by atoms with E-state index < -0.39 is 0 Å². The number of nitrogens with two attached hydrogens (primary N) is 1. The fourth-order valence-electron chi connectivity index (χ4n) is 3.80. The molecule has 3 N–H and O–H groups in total. The van der Waals surface area contributed by atoms with Gasteiger partial charge in [-0.3, -0.25) is 16.3 Å². The first-order valence-electron chi connectivity index (χ1n) is 7.16. The molecule has 19 heavy (non-hydrogen) atoms. The third-order valence-corrected chi connectivity index (χ3v) is 4.90. The number of pyridine rings is 1. The molecular formula is C16H19N3. The van der Waals surface area contributed by atoms with Gasteiger partial charge >= 0.3 is 0 Å². The van der Waals surface area contributed by atoms with Crippen molar-refractivity contribution in [3.8, 4) is 0 Å². The number of rotatable bonds is 3. The maximum absolute atomic E-state index is 5.81. The first kappa shape index (κ1) is 11.4. The van der Waals surface area contributed by atoms with Gasteiger partial charge in [-0.15, -0.1) is 0 Å². The van der Waals surface area contributed by atoms with Crippen molar-refractivity contribution in [2.45, 2.75) is 25.3 Å². The minimum Gasteiger partial charge on any atom is -0.271 e. The molecule has 0 spiro atoms. The summed E-state index contributed by atoms with van der Waals surface area (Å²) in [7, 11) is 0. The van der Waals surface area contributed by atoms with Crippen LogP contribution in [-0.2, 0) is 0 Å². The van der Waals surface area contributed by atoms with Gasteiger partial charge in [-0.2, -0.15) is 0 Å². The van der Waals surface area contributed by atoms with Gasteiger partial charge < -0.3 is 0 Å². The number of hydrogen-bond acceptors (Lipinski definition) is 3. The highest BCUT2D eigenvalue weighted by Gasteiger charge is 2.48. The Kier molecular flexibility index (Phi) is 2.57. The highest BCUT2D eigenvalue weighted by Crippen LogP contribution is 2.57. The van der Waals surface area contributed by atoms with E-state index in [4.69, 9.17) is 5.84 Å². The summed E-state index contributed by atoms with van der Waals surface area (Å²) in [4.78, 5) is 4.56. The molecule has 4 rings (SSSR count). The van der Waals surface area contributed by atoms with Crippen LogP contribution >= 0.6 is 0 Å². The average molecular weight is 253 g/mol. The molecule has 0 saturated heterocycles. The molecule has 3 unspecified atom stereocenters. The van der Waals surface area contributed by atoms with E-state index in [-0.39, 0.29) is 6.04 Å². The van der Waals surface area contributed by atoms with E-state index in [1.807, 2.05) is 12.3 Å². The lowest BCUT2D eigenvalue weighted by Gasteiger charge is -2.24. The standard InChI is InChI=1S/C16H19N3/c17-19-16(13-7-11-6-12(11)8-13)14-5-10-3-1-2-4-15(10)18-9-14/h1-5,9,11-13,16,19H,6-8,17H2. The van der Waals surface area contributed by atoms with Gasteiger partial charge in [-0.1, -0.05) is 18.2 Å². The van der Waals surface area contributed by atoms with Crippen LogP contribution in [0.5, 0.6) is 0 Å². The Labute approximate surface area is 113 Å². The van der Waals surface area contributed by atoms with Gasteiger partial charge in [0.25, 0.3) is 0 Å². The lowest BCUT2D eigenvalue weighted by atomic mass is 9.90. The minimum absolute atomic E-state index is 0.255. The number of fused-ring (bicyclic) bond motifs is 2. The van der Waals surface area contributed by atoms with Crippen molar-refractivity contribution in [1.82, 2.24) is 10.4 Å². The van der Waals surface area contributed by atoms with Crippen molar-refractivity contribution in [3.63, 3.8) is 0 Å². The van der Waals surface area contributed by atoms with Crippen LogP contribution in [0.2, 0.25) is 0 Å². The van der Waals surface area contributed by atoms with Crippen molar-refractivity contribution < 1.29 is 0 Å². The van der Waals surface area contributed by atoms with E-state index in [2.05, 4.69) is 34.7 Å². The van der Waals surface area contributed by atoms with Crippen molar-refractivity contribution in [3.05, 3.63) is 42.1 Å². The highest BCUT2D eigenvalue weighted by atomic mass is 15.2. The first-order chi connectivity index (χ1) is 9.35. The predicted octanol–water partition coefficient (Wildman–Crippen LogP) is 2.79. The summed E-state index contributed by atoms with van der Waals surface area (Å²) in [6.07, 6.45) is 6.08. The van der Waals surface area contributed by atoms with Crippen molar-refractivity contribution in [1.29, 1.82) is 0 Å². The molecule has 2 aliphatic carbocycles. The zero-order valence-electron chi connectivity index (χ0n) is 10.9. The minimum atomic E-state index is 0.255. The molecule has 1 aromatic carbocycles. The van der Waals surface area contributed by atoms with E-state index in [0.717, 1.165) is 17.4 Å². The van der Waals surface area contributed by atoms with Gasteiger partial charge in [0.15, 0.2) is 0 Å². The third kappa shape index (κ3) is 1.94. The topological polar surface area (TPSA) is 50.9 Å². The summed E-state index contributed by atoms with van der Waals surface area (Å²) in [6.45, 7) is 0. The van der Waals surface area contributed by atoms with E-state index in [1.54, 1.807) is 0 Å². The first-order valence-corrected chi connectivity index (χ1v) is 7.16. The molecule has 2 aliphatic rings. The zero-order chi connectivity index (χ0) is 12.8. The highest BCUT2D eigenvalue weighted by molar-refractivity contribution is 5.78. The lowest BCUT2D eigenvalue weighted by molar-refractivity contribution is 0.345. The van der Waals surface area contributed by atoms with Crippen LogP contribution in [0.4, 0.5) is 0 Å². The number of nitrogens with zero attached hydrogens (tertiary/aromatic N) is 1. The van der Waals surface area contributed by atoms with Crippen LogP contribution in [-0.4, -0.2) is 4.98 Å². The Morgan fingerprint density at radius 2 is 1.95 bits per heavy atom. The number of aromatic nitrogens is 1. The maximum atomic E-state index is 5.81. The van der Waals surface area contributed by atoms with Gasteiger partial charge in [0.05, 0.1) is 11.6 Å². The normalized spacial score (nSPS) is 30.3. The lowest BCUT2D eigenvalue weighted by Crippen LogP contribution is -2.33. The second-order valence-corrected chi connectivity index (χ2v) is 6.09. The zero-order valence-corrected chi connectivity index (χ0v) is 10.9. The molecule has 2 aromatic rings. The molecule has 0 bridgehead atoms. The average Bonchev–Trinajstić information content (AvgIpc) is 3.06. The summed E-state index contributed by atoms with van der Waals surface area (Å²) < 4.78 is 0. The largest absolute Gasteiger partial charge is 0.271 e. The molecule has 3 atom stereocenters. The molecule has 3 heteroatoms. The summed E-state index contributed by atoms with van der Waals surface area (Å²) in [5.41, 5.74) is 5.31. The van der Waals surface area contributed by atoms with Gasteiger partial charge in [-0.05, 0) is 54.7 Å². The molecule has 98 valence electrons. The third-order valence-electron chi connectivity index (χ3n) is 4.90. The Balaban J connectivity index is 1.67. The molecule has 2 fully saturated rings. The SMILES string of the molecule is NNC(c1cnc2ccccc2c1)C1CC2CC2C1. The maximum Gasteiger partial charge on any atom is 0.0702 e. The fraction of sp³-hybridized carbons (Fsp3) is 0.438. The second-order valence-electron chi connectivity index (χ2n) is 6.09. The molecule has 3 nitrogen and oxygen atoms in total. The van der Waals surface area contributed by atoms with Crippen LogP contribution in [0.15, 0.2) is 36.5 Å². The number of hydrogen-bond donors (Lipinski definition) is 2. The molecule has 1 aromatic heterocycles. The van der Waals surface area contributed by atoms with Crippen molar-refractivity contribution in [2.75, 3.05) is 0 Å². The summed E-state index contributed by atoms with van der Waals surface area (Å²) >= 11 is 0. The number of para-hydroxylation sites is 1. The monoisotopic (exact) mass is 253 g/mol. The number of nitrogens with one attached hydrogen (secondary N) is 1. The Hall–Kier alpha value is -1.45. The summed E-state index contributed by atoms with van der Waals surface area (Å²) in [6, 6.07) is 10.7. The van der Waals surface area contributed by atoms with Gasteiger partial charge in [0.1, 0.15) is 0 Å². The fourth-order valence-corrected chi connectivity index (χ4v) is 3.80. The molecule has 2 saturated carbocycles. The van der Waals surface area contributed by atoms with E-state index in [9.17, 15) is 0 Å². The van der Waals surface area contributed by atoms with Crippen molar-refractivity contribution in [2.24, 2.45) is 23.6 Å². The van der Waals surface area contributed by atoms with E-state index in [0.29, 0.717) is 5.92 Å². The quantitative estimate of drug-likeness (QED) is 0.653. The Bertz CT molecular complexity index is 600. The van der Waals surface area contributed by atoms with Crippen LogP contribution in [0, 0.1) is 17.8 Å². The number of hydrazine groups is 1. The van der Waals surface area contributed by atoms with Gasteiger partial charge in [0, 0.05) is 11.6 Å². The van der Waals surface area contributed by atoms with Crippen LogP contribution in [0.1, 0.15) is 30.9 Å². The molecule has 0 amide bonds. The predicted molar refractivity (Wildman–Crippen MR) is 76.1 cm³/mol. The Morgan fingerprint density at radius 1 is 1.16 bits per heavy atom. The molecular weight excluding hydrogens is 234 g/mol. The van der Waals surface area contributed by atoms with E-state index in [1.165, 1.54) is 30.2 Å². The van der Waals surface area contributed by atoms with Crippen molar-refractivity contribution >= 4 is 10.9 Å². The van der Waals surface area contributed by atoms with Crippen LogP contribution in [0.3, 0.4) is 0 Å². The molecule has 0 radical (unpaired) electrons. The van der Waals surface area contributed by atoms with Crippen LogP contribution in [0.25, 0.3) is 10.9 Å². The van der Waals surface area contributed by atoms with E-state index >= 15 is 0 Å². The summed E-state index contributed by atoms with van der Waals surface area (Å²) in [5.74, 6) is 8.45. The Morgan fingerprint density at radius 3 is 2.74 bits per heavy atom. The molecule has 0 aliphatic heterocycles.